The minimum absolute atomic E-state index is 0.185. The number of hydrazine groups is 1. The molecule has 1 unspecified atom stereocenters. The predicted molar refractivity (Wildman–Crippen MR) is 135 cm³/mol. The van der Waals surface area contributed by atoms with Crippen LogP contribution in [0.1, 0.15) is 26.3 Å². The number of hydrogen-bond acceptors (Lipinski definition) is 6. The Labute approximate surface area is 200 Å². The van der Waals surface area contributed by atoms with Crippen LogP contribution in [-0.4, -0.2) is 58.5 Å². The summed E-state index contributed by atoms with van der Waals surface area (Å²) in [6.07, 6.45) is 7.43. The molecular weight excluding hydrogens is 445 g/mol. The van der Waals surface area contributed by atoms with Crippen molar-refractivity contribution in [2.45, 2.75) is 32.4 Å². The number of pyridine rings is 1. The Balaban J connectivity index is 1.85. The van der Waals surface area contributed by atoms with Gasteiger partial charge < -0.3 is 10.7 Å². The Morgan fingerprint density at radius 2 is 1.69 bits per heavy atom. The summed E-state index contributed by atoms with van der Waals surface area (Å²) < 4.78 is 0. The van der Waals surface area contributed by atoms with Crippen LogP contribution in [0.5, 0.6) is 0 Å². The largest absolute Gasteiger partial charge is 0.366 e. The molecule has 0 aliphatic carbocycles. The number of benzene rings is 1. The van der Waals surface area contributed by atoms with E-state index < -0.39 is 0 Å². The summed E-state index contributed by atoms with van der Waals surface area (Å²) in [4.78, 5) is 8.55. The minimum Gasteiger partial charge on any atom is -0.366 e. The fourth-order valence-electron chi connectivity index (χ4n) is 3.69. The van der Waals surface area contributed by atoms with E-state index in [1.54, 1.807) is 17.4 Å². The van der Waals surface area contributed by atoms with Crippen LogP contribution in [0.15, 0.2) is 53.9 Å². The van der Waals surface area contributed by atoms with Crippen LogP contribution in [0.2, 0.25) is 10.0 Å². The molecule has 1 aliphatic rings. The number of nitrogens with two attached hydrogens (primary N) is 2. The van der Waals surface area contributed by atoms with Crippen LogP contribution in [0, 0.1) is 0 Å². The average Bonchev–Trinajstić information content (AvgIpc) is 2.77. The molecule has 0 saturated carbocycles. The standard InChI is InChI=1S/C23H31Cl2N7/c1-23(2,3)32(27)22(29-26)20(10-9-17-7-5-4-6-8-17)30-11-13-31(14-12-30)21-18(24)15-28-16-19(21)25/h4-10,15-16,20H,11-14,26-27H2,1-3H3/b10-9+,29-22-. The third-order valence-electron chi connectivity index (χ3n) is 5.49. The van der Waals surface area contributed by atoms with E-state index in [0.29, 0.717) is 15.9 Å². The first-order chi connectivity index (χ1) is 15.2. The number of aromatic nitrogens is 1. The molecule has 2 heterocycles. The van der Waals surface area contributed by atoms with Crippen molar-refractivity contribution in [2.75, 3.05) is 31.1 Å². The zero-order chi connectivity index (χ0) is 23.3. The second-order valence-electron chi connectivity index (χ2n) is 8.72. The van der Waals surface area contributed by atoms with E-state index >= 15 is 0 Å². The maximum absolute atomic E-state index is 6.45. The summed E-state index contributed by atoms with van der Waals surface area (Å²) in [5, 5.41) is 6.86. The number of rotatable bonds is 5. The van der Waals surface area contributed by atoms with Crippen molar-refractivity contribution in [1.29, 1.82) is 0 Å². The molecule has 3 rings (SSSR count). The maximum atomic E-state index is 6.45. The van der Waals surface area contributed by atoms with Crippen LogP contribution in [-0.2, 0) is 0 Å². The molecule has 1 aromatic heterocycles. The Hall–Kier alpha value is -2.32. The lowest BCUT2D eigenvalue weighted by molar-refractivity contribution is 0.199. The molecule has 0 bridgehead atoms. The van der Waals surface area contributed by atoms with Gasteiger partial charge >= 0.3 is 0 Å². The van der Waals surface area contributed by atoms with E-state index in [1.807, 2.05) is 39.0 Å². The molecule has 1 aliphatic heterocycles. The number of piperazine rings is 1. The Bertz CT molecular complexity index is 928. The van der Waals surface area contributed by atoms with Crippen molar-refractivity contribution in [3.8, 4) is 0 Å². The topological polar surface area (TPSA) is 87.0 Å². The predicted octanol–water partition coefficient (Wildman–Crippen LogP) is 3.84. The smallest absolute Gasteiger partial charge is 0.160 e. The molecule has 0 radical (unpaired) electrons. The molecule has 4 N–H and O–H groups in total. The van der Waals surface area contributed by atoms with Gasteiger partial charge in [-0.2, -0.15) is 5.10 Å². The van der Waals surface area contributed by atoms with Crippen molar-refractivity contribution in [1.82, 2.24) is 14.9 Å². The lowest BCUT2D eigenvalue weighted by Gasteiger charge is -2.43. The normalized spacial score (nSPS) is 17.1. The van der Waals surface area contributed by atoms with E-state index in [1.165, 1.54) is 0 Å². The third-order valence-corrected chi connectivity index (χ3v) is 6.04. The highest BCUT2D eigenvalue weighted by Gasteiger charge is 2.32. The van der Waals surface area contributed by atoms with Crippen LogP contribution in [0.4, 0.5) is 5.69 Å². The monoisotopic (exact) mass is 475 g/mol. The van der Waals surface area contributed by atoms with E-state index in [4.69, 9.17) is 34.9 Å². The quantitative estimate of drug-likeness (QED) is 0.295. The second kappa shape index (κ2) is 10.5. The molecule has 32 heavy (non-hydrogen) atoms. The van der Waals surface area contributed by atoms with Gasteiger partial charge in [0, 0.05) is 44.1 Å². The molecule has 1 atom stereocenters. The summed E-state index contributed by atoms with van der Waals surface area (Å²) in [6.45, 7) is 9.10. The average molecular weight is 476 g/mol. The molecule has 1 saturated heterocycles. The highest BCUT2D eigenvalue weighted by atomic mass is 35.5. The van der Waals surface area contributed by atoms with Gasteiger partial charge in [0.05, 0.1) is 21.8 Å². The number of halogens is 2. The molecule has 7 nitrogen and oxygen atoms in total. The lowest BCUT2D eigenvalue weighted by atomic mass is 10.0. The van der Waals surface area contributed by atoms with Crippen LogP contribution >= 0.6 is 23.2 Å². The summed E-state index contributed by atoms with van der Waals surface area (Å²) in [5.74, 6) is 12.9. The van der Waals surface area contributed by atoms with Gasteiger partial charge in [0.1, 0.15) is 0 Å². The number of nitrogens with zero attached hydrogens (tertiary/aromatic N) is 5. The van der Waals surface area contributed by atoms with Crippen molar-refractivity contribution in [2.24, 2.45) is 16.8 Å². The second-order valence-corrected chi connectivity index (χ2v) is 9.53. The number of hydrogen-bond donors (Lipinski definition) is 2. The van der Waals surface area contributed by atoms with E-state index in [2.05, 4.69) is 44.2 Å². The summed E-state index contributed by atoms with van der Waals surface area (Å²) >= 11 is 12.7. The highest BCUT2D eigenvalue weighted by molar-refractivity contribution is 6.38. The Morgan fingerprint density at radius 1 is 1.09 bits per heavy atom. The molecule has 1 fully saturated rings. The molecule has 2 aromatic rings. The van der Waals surface area contributed by atoms with Crippen molar-refractivity contribution < 1.29 is 0 Å². The van der Waals surface area contributed by atoms with E-state index in [0.717, 1.165) is 37.4 Å². The first-order valence-electron chi connectivity index (χ1n) is 10.6. The number of hydrazone groups is 1. The van der Waals surface area contributed by atoms with Gasteiger partial charge in [0.25, 0.3) is 0 Å². The van der Waals surface area contributed by atoms with E-state index in [-0.39, 0.29) is 11.6 Å². The molecule has 9 heteroatoms. The van der Waals surface area contributed by atoms with E-state index in [9.17, 15) is 0 Å². The molecular formula is C23H31Cl2N7. The lowest BCUT2D eigenvalue weighted by Crippen LogP contribution is -2.60. The third kappa shape index (κ3) is 5.72. The molecule has 1 aromatic carbocycles. The molecule has 0 spiro atoms. The Kier molecular flexibility index (Phi) is 8.00. The van der Waals surface area contributed by atoms with Gasteiger partial charge in [-0.3, -0.25) is 14.9 Å². The number of amidine groups is 1. The van der Waals surface area contributed by atoms with Crippen molar-refractivity contribution >= 4 is 40.8 Å². The zero-order valence-electron chi connectivity index (χ0n) is 18.7. The summed E-state index contributed by atoms with van der Waals surface area (Å²) in [7, 11) is 0. The SMILES string of the molecule is CC(C)(C)N(N)/C(=N\N)C(/C=C/c1ccccc1)N1CCN(c2c(Cl)cncc2Cl)CC1. The van der Waals surface area contributed by atoms with Crippen LogP contribution in [0.25, 0.3) is 6.08 Å². The minimum atomic E-state index is -0.336. The summed E-state index contributed by atoms with van der Waals surface area (Å²) in [6, 6.07) is 9.95. The fourth-order valence-corrected chi connectivity index (χ4v) is 4.30. The van der Waals surface area contributed by atoms with Crippen molar-refractivity contribution in [3.63, 3.8) is 0 Å². The van der Waals surface area contributed by atoms with Gasteiger partial charge in [0.15, 0.2) is 5.84 Å². The fraction of sp³-hybridized carbons (Fsp3) is 0.391. The first-order valence-corrected chi connectivity index (χ1v) is 11.3. The van der Waals surface area contributed by atoms with Crippen LogP contribution < -0.4 is 16.6 Å². The molecule has 172 valence electrons. The first kappa shape index (κ1) is 24.3. The van der Waals surface area contributed by atoms with Gasteiger partial charge in [-0.25, -0.2) is 5.84 Å². The van der Waals surface area contributed by atoms with Gasteiger partial charge in [-0.15, -0.1) is 0 Å². The van der Waals surface area contributed by atoms with Gasteiger partial charge in [0.2, 0.25) is 0 Å². The zero-order valence-corrected chi connectivity index (χ0v) is 20.3. The van der Waals surface area contributed by atoms with Crippen molar-refractivity contribution in [3.05, 3.63) is 64.4 Å². The van der Waals surface area contributed by atoms with Gasteiger partial charge in [-0.05, 0) is 26.3 Å². The highest BCUT2D eigenvalue weighted by Crippen LogP contribution is 2.33. The van der Waals surface area contributed by atoms with Gasteiger partial charge in [-0.1, -0.05) is 65.7 Å². The summed E-state index contributed by atoms with van der Waals surface area (Å²) in [5.41, 5.74) is 1.58. The Morgan fingerprint density at radius 3 is 2.22 bits per heavy atom. The maximum Gasteiger partial charge on any atom is 0.160 e. The molecule has 0 amide bonds. The number of anilines is 1. The van der Waals surface area contributed by atoms with Crippen LogP contribution in [0.3, 0.4) is 0 Å².